The van der Waals surface area contributed by atoms with E-state index in [2.05, 4.69) is 5.32 Å². The van der Waals surface area contributed by atoms with E-state index in [1.807, 2.05) is 6.92 Å². The second-order valence-electron chi connectivity index (χ2n) is 7.95. The van der Waals surface area contributed by atoms with Crippen LogP contribution in [0.25, 0.3) is 0 Å². The first-order valence-corrected chi connectivity index (χ1v) is 11.2. The van der Waals surface area contributed by atoms with Crippen molar-refractivity contribution in [1.29, 1.82) is 0 Å². The Balaban J connectivity index is 1.59. The van der Waals surface area contributed by atoms with E-state index in [0.29, 0.717) is 34.7 Å². The van der Waals surface area contributed by atoms with Gasteiger partial charge < -0.3 is 19.7 Å². The molecular weight excluding hydrogens is 459 g/mol. The normalized spacial score (nSPS) is 15.2. The van der Waals surface area contributed by atoms with Crippen molar-refractivity contribution in [1.82, 2.24) is 4.90 Å². The maximum atomic E-state index is 13.5. The topological polar surface area (TPSA) is 67.9 Å². The number of benzene rings is 3. The highest BCUT2D eigenvalue weighted by Crippen LogP contribution is 2.31. The minimum Gasteiger partial charge on any atom is -0.497 e. The zero-order chi connectivity index (χ0) is 24.2. The summed E-state index contributed by atoms with van der Waals surface area (Å²) in [6.07, 6.45) is -0.169. The molecule has 6 nitrogen and oxygen atoms in total. The van der Waals surface area contributed by atoms with E-state index in [4.69, 9.17) is 21.1 Å². The molecule has 0 aliphatic carbocycles. The number of methoxy groups -OCH3 is 1. The summed E-state index contributed by atoms with van der Waals surface area (Å²) in [7, 11) is 1.54. The highest BCUT2D eigenvalue weighted by molar-refractivity contribution is 6.31. The number of hydrogen-bond donors (Lipinski definition) is 1. The van der Waals surface area contributed by atoms with Crippen LogP contribution in [-0.4, -0.2) is 29.9 Å². The van der Waals surface area contributed by atoms with Crippen molar-refractivity contribution in [2.45, 2.75) is 32.5 Å². The summed E-state index contributed by atoms with van der Waals surface area (Å²) >= 11 is 6.20. The van der Waals surface area contributed by atoms with Gasteiger partial charge in [-0.05, 0) is 60.5 Å². The van der Waals surface area contributed by atoms with Gasteiger partial charge >= 0.3 is 0 Å². The lowest BCUT2D eigenvalue weighted by atomic mass is 10.1. The van der Waals surface area contributed by atoms with Crippen LogP contribution in [-0.2, 0) is 17.9 Å². The highest BCUT2D eigenvalue weighted by atomic mass is 35.5. The molecule has 3 aromatic carbocycles. The fourth-order valence-corrected chi connectivity index (χ4v) is 4.03. The fourth-order valence-electron chi connectivity index (χ4n) is 3.80. The van der Waals surface area contributed by atoms with Crippen LogP contribution >= 0.6 is 11.6 Å². The van der Waals surface area contributed by atoms with Gasteiger partial charge in [0.05, 0.1) is 7.11 Å². The number of amides is 2. The van der Waals surface area contributed by atoms with Gasteiger partial charge in [0.2, 0.25) is 0 Å². The lowest BCUT2D eigenvalue weighted by Crippen LogP contribution is -2.38. The molecule has 1 heterocycles. The van der Waals surface area contributed by atoms with Crippen LogP contribution in [0.3, 0.4) is 0 Å². The minimum absolute atomic E-state index is 0.180. The molecule has 0 saturated carbocycles. The standard InChI is InChI=1S/C26H24ClFN2O4/c1-3-23-26(32)30(14-17-7-8-19(28)13-22(17)27)15-18-11-20(9-10-24(18)34-23)29-25(31)16-5-4-6-21(12-16)33-2/h4-13,23H,3,14-15H2,1-2H3,(H,29,31)/t23-/m0/s1. The van der Waals surface area contributed by atoms with E-state index in [1.54, 1.807) is 60.5 Å². The molecule has 0 saturated heterocycles. The van der Waals surface area contributed by atoms with Crippen molar-refractivity contribution in [3.8, 4) is 11.5 Å². The quantitative estimate of drug-likeness (QED) is 0.508. The van der Waals surface area contributed by atoms with E-state index in [9.17, 15) is 14.0 Å². The molecule has 0 fully saturated rings. The first-order chi connectivity index (χ1) is 16.4. The maximum absolute atomic E-state index is 13.5. The summed E-state index contributed by atoms with van der Waals surface area (Å²) in [5.74, 6) is 0.258. The maximum Gasteiger partial charge on any atom is 0.264 e. The van der Waals surface area contributed by atoms with Crippen molar-refractivity contribution < 1.29 is 23.5 Å². The molecule has 176 valence electrons. The first kappa shape index (κ1) is 23.6. The molecule has 3 aromatic rings. The van der Waals surface area contributed by atoms with E-state index >= 15 is 0 Å². The number of nitrogens with one attached hydrogen (secondary N) is 1. The lowest BCUT2D eigenvalue weighted by Gasteiger charge is -2.23. The molecule has 0 aromatic heterocycles. The van der Waals surface area contributed by atoms with Gasteiger partial charge in [-0.15, -0.1) is 0 Å². The Morgan fingerprint density at radius 2 is 2.03 bits per heavy atom. The van der Waals surface area contributed by atoms with Crippen molar-refractivity contribution in [3.05, 3.63) is 88.2 Å². The van der Waals surface area contributed by atoms with Crippen molar-refractivity contribution in [2.75, 3.05) is 12.4 Å². The molecule has 1 N–H and O–H groups in total. The predicted molar refractivity (Wildman–Crippen MR) is 128 cm³/mol. The third kappa shape index (κ3) is 5.15. The van der Waals surface area contributed by atoms with Gasteiger partial charge in [0.15, 0.2) is 6.10 Å². The number of fused-ring (bicyclic) bond motifs is 1. The van der Waals surface area contributed by atoms with Gasteiger partial charge in [0, 0.05) is 34.9 Å². The van der Waals surface area contributed by atoms with Gasteiger partial charge in [-0.25, -0.2) is 4.39 Å². The number of rotatable bonds is 6. The minimum atomic E-state index is -0.655. The molecule has 1 aliphatic rings. The Morgan fingerprint density at radius 1 is 1.21 bits per heavy atom. The molecule has 2 amide bonds. The number of hydrogen-bond acceptors (Lipinski definition) is 4. The number of nitrogens with zero attached hydrogens (tertiary/aromatic N) is 1. The summed E-state index contributed by atoms with van der Waals surface area (Å²) in [6, 6.07) is 16.3. The van der Waals surface area contributed by atoms with Crippen molar-refractivity contribution in [2.24, 2.45) is 0 Å². The monoisotopic (exact) mass is 482 g/mol. The van der Waals surface area contributed by atoms with Crippen LogP contribution in [0.2, 0.25) is 5.02 Å². The largest absolute Gasteiger partial charge is 0.497 e. The summed E-state index contributed by atoms with van der Waals surface area (Å²) in [4.78, 5) is 27.5. The van der Waals surface area contributed by atoms with E-state index in [1.165, 1.54) is 12.1 Å². The third-order valence-corrected chi connectivity index (χ3v) is 5.97. The summed E-state index contributed by atoms with van der Waals surface area (Å²) in [6.45, 7) is 2.33. The van der Waals surface area contributed by atoms with Crippen LogP contribution in [0, 0.1) is 5.82 Å². The summed E-state index contributed by atoms with van der Waals surface area (Å²) < 4.78 is 24.7. The molecular formula is C26H24ClFN2O4. The third-order valence-electron chi connectivity index (χ3n) is 5.61. The second-order valence-corrected chi connectivity index (χ2v) is 8.36. The zero-order valence-corrected chi connectivity index (χ0v) is 19.6. The number of halogens is 2. The lowest BCUT2D eigenvalue weighted by molar-refractivity contribution is -0.139. The molecule has 0 radical (unpaired) electrons. The molecule has 34 heavy (non-hydrogen) atoms. The number of carbonyl (C=O) groups excluding carboxylic acids is 2. The summed E-state index contributed by atoms with van der Waals surface area (Å²) in [5, 5.41) is 3.14. The van der Waals surface area contributed by atoms with Crippen LogP contribution in [0.4, 0.5) is 10.1 Å². The Bertz CT molecular complexity index is 1230. The Labute approximate surface area is 202 Å². The van der Waals surface area contributed by atoms with Crippen molar-refractivity contribution >= 4 is 29.1 Å². The second kappa shape index (κ2) is 10.1. The molecule has 0 bridgehead atoms. The zero-order valence-electron chi connectivity index (χ0n) is 18.8. The van der Waals surface area contributed by atoms with Crippen LogP contribution in [0.15, 0.2) is 60.7 Å². The van der Waals surface area contributed by atoms with Crippen LogP contribution < -0.4 is 14.8 Å². The van der Waals surface area contributed by atoms with E-state index < -0.39 is 11.9 Å². The average Bonchev–Trinajstić information content (AvgIpc) is 2.96. The van der Waals surface area contributed by atoms with E-state index in [-0.39, 0.29) is 29.9 Å². The molecule has 1 atom stereocenters. The molecule has 0 spiro atoms. The first-order valence-electron chi connectivity index (χ1n) is 10.9. The number of ether oxygens (including phenoxy) is 2. The van der Waals surface area contributed by atoms with Gasteiger partial charge in [0.25, 0.3) is 11.8 Å². The van der Waals surface area contributed by atoms with Crippen molar-refractivity contribution in [3.63, 3.8) is 0 Å². The average molecular weight is 483 g/mol. The van der Waals surface area contributed by atoms with Crippen LogP contribution in [0.1, 0.15) is 34.8 Å². The van der Waals surface area contributed by atoms with Gasteiger partial charge in [0.1, 0.15) is 17.3 Å². The highest BCUT2D eigenvalue weighted by Gasteiger charge is 2.30. The van der Waals surface area contributed by atoms with Gasteiger partial charge in [-0.1, -0.05) is 30.7 Å². The smallest absolute Gasteiger partial charge is 0.264 e. The Morgan fingerprint density at radius 3 is 2.76 bits per heavy atom. The molecule has 0 unspecified atom stereocenters. The predicted octanol–water partition coefficient (Wildman–Crippen LogP) is 5.44. The van der Waals surface area contributed by atoms with Gasteiger partial charge in [-0.2, -0.15) is 0 Å². The SMILES string of the molecule is CC[C@@H]1Oc2ccc(NC(=O)c3cccc(OC)c3)cc2CN(Cc2ccc(F)cc2Cl)C1=O. The fraction of sp³-hybridized carbons (Fsp3) is 0.231. The molecule has 4 rings (SSSR count). The summed E-state index contributed by atoms with van der Waals surface area (Å²) in [5.41, 5.74) is 2.40. The molecule has 8 heteroatoms. The number of carbonyl (C=O) groups is 2. The Kier molecular flexibility index (Phi) is 7.03. The Hall–Kier alpha value is -3.58. The molecule has 1 aliphatic heterocycles. The van der Waals surface area contributed by atoms with Crippen LogP contribution in [0.5, 0.6) is 11.5 Å². The van der Waals surface area contributed by atoms with Gasteiger partial charge in [-0.3, -0.25) is 9.59 Å². The van der Waals surface area contributed by atoms with E-state index in [0.717, 1.165) is 5.56 Å². The number of anilines is 1.